The molecule has 0 aliphatic carbocycles. The lowest BCUT2D eigenvalue weighted by atomic mass is 10.0. The molecule has 2 aromatic rings. The van der Waals surface area contributed by atoms with Gasteiger partial charge in [-0.15, -0.1) is 0 Å². The molecule has 53 heavy (non-hydrogen) atoms. The lowest BCUT2D eigenvalue weighted by molar-refractivity contribution is -0.334. The second kappa shape index (κ2) is 20.3. The number of benzene rings is 2. The van der Waals surface area contributed by atoms with Gasteiger partial charge in [-0.05, 0) is 66.1 Å². The van der Waals surface area contributed by atoms with Crippen LogP contribution in [0.2, 0.25) is 36.3 Å². The van der Waals surface area contributed by atoms with E-state index in [9.17, 15) is 14.7 Å². The molecule has 8 atom stereocenters. The van der Waals surface area contributed by atoms with E-state index in [0.29, 0.717) is 11.3 Å². The zero-order valence-electron chi connectivity index (χ0n) is 32.6. The molecule has 0 bridgehead atoms. The van der Waals surface area contributed by atoms with Gasteiger partial charge in [-0.25, -0.2) is 4.79 Å². The molecule has 296 valence electrons. The first-order valence-corrected chi connectivity index (χ1v) is 24.2. The summed E-state index contributed by atoms with van der Waals surface area (Å²) in [4.78, 5) is 26.4. The number of hydrogen-bond acceptors (Lipinski definition) is 12. The average Bonchev–Trinajstić information content (AvgIpc) is 3.18. The number of hydrogen-bond donors (Lipinski definition) is 1. The fourth-order valence-electron chi connectivity index (χ4n) is 7.05. The van der Waals surface area contributed by atoms with Gasteiger partial charge < -0.3 is 47.1 Å². The standard InChI is InChI=1S/C39H60O12Si2/c1-9-52(10-2,11-3)50-32-26-46-39(49-33-31(41)25-45-38(35(33)47-27(7)40)44-24-28-18-16-15-17-19-28)36(34(32)51-53(12-4,13-5)14-6)48-37(42)29-20-22-30(43-8)23-21-29/h15-23,31-36,38-39,41H,9-14,24-26H2,1-8H3/t31-,32+,33-,34-,35+,36+,38-,39-/m0/s1. The van der Waals surface area contributed by atoms with E-state index in [1.165, 1.54) is 6.92 Å². The Hall–Kier alpha value is -2.67. The summed E-state index contributed by atoms with van der Waals surface area (Å²) in [5.41, 5.74) is 1.18. The van der Waals surface area contributed by atoms with Crippen molar-refractivity contribution in [2.45, 2.75) is 141 Å². The van der Waals surface area contributed by atoms with E-state index in [1.807, 2.05) is 30.3 Å². The van der Waals surface area contributed by atoms with Crippen molar-refractivity contribution in [1.29, 1.82) is 0 Å². The molecule has 2 aliphatic rings. The van der Waals surface area contributed by atoms with Crippen molar-refractivity contribution in [3.63, 3.8) is 0 Å². The number of ether oxygens (including phenoxy) is 7. The van der Waals surface area contributed by atoms with Gasteiger partial charge in [-0.1, -0.05) is 71.9 Å². The fourth-order valence-corrected chi connectivity index (χ4v) is 12.8. The number of carbonyl (C=O) groups is 2. The number of aliphatic hydroxyl groups excluding tert-OH is 1. The summed E-state index contributed by atoms with van der Waals surface area (Å²) in [6.45, 7) is 14.3. The molecule has 2 aliphatic heterocycles. The van der Waals surface area contributed by atoms with Crippen LogP contribution in [-0.2, 0) is 48.7 Å². The van der Waals surface area contributed by atoms with Gasteiger partial charge in [0.25, 0.3) is 0 Å². The molecule has 14 heteroatoms. The van der Waals surface area contributed by atoms with Gasteiger partial charge in [0.1, 0.15) is 24.1 Å². The van der Waals surface area contributed by atoms with E-state index in [1.54, 1.807) is 31.4 Å². The summed E-state index contributed by atoms with van der Waals surface area (Å²) < 4.78 is 56.7. The largest absolute Gasteiger partial charge is 0.497 e. The maximum absolute atomic E-state index is 14.0. The zero-order chi connectivity index (χ0) is 38.6. The van der Waals surface area contributed by atoms with Crippen LogP contribution in [-0.4, -0.2) is 103 Å². The Balaban J connectivity index is 1.74. The zero-order valence-corrected chi connectivity index (χ0v) is 34.6. The third-order valence-electron chi connectivity index (χ3n) is 10.9. The van der Waals surface area contributed by atoms with Crippen molar-refractivity contribution in [1.82, 2.24) is 0 Å². The van der Waals surface area contributed by atoms with E-state index in [2.05, 4.69) is 41.5 Å². The number of methoxy groups -OCH3 is 1. The Morgan fingerprint density at radius 1 is 0.717 bits per heavy atom. The molecular weight excluding hydrogens is 717 g/mol. The van der Waals surface area contributed by atoms with Gasteiger partial charge in [-0.3, -0.25) is 4.79 Å². The third kappa shape index (κ3) is 11.0. The molecule has 2 aromatic carbocycles. The van der Waals surface area contributed by atoms with Crippen LogP contribution in [0.1, 0.15) is 64.4 Å². The SMILES string of the molecule is CC[Si](CC)(CC)O[C@@H]1[C@@H](OC(=O)c2ccc(OC)cc2)[C@H](O[C@@H]2[C@@H](OC(C)=O)[C@@H](OCc3ccccc3)OC[C@@H]2O)OC[C@H]1O[Si](CC)(CC)CC. The molecule has 0 spiro atoms. The van der Waals surface area contributed by atoms with Gasteiger partial charge in [-0.2, -0.15) is 0 Å². The first-order chi connectivity index (χ1) is 25.5. The number of carbonyl (C=O) groups excluding carboxylic acids is 2. The van der Waals surface area contributed by atoms with Gasteiger partial charge in [0, 0.05) is 6.92 Å². The predicted octanol–water partition coefficient (Wildman–Crippen LogP) is 6.61. The van der Waals surface area contributed by atoms with Crippen molar-refractivity contribution in [3.05, 3.63) is 65.7 Å². The highest BCUT2D eigenvalue weighted by atomic mass is 28.4. The van der Waals surface area contributed by atoms with Crippen LogP contribution in [0.15, 0.2) is 54.6 Å². The second-order valence-corrected chi connectivity index (χ2v) is 23.2. The van der Waals surface area contributed by atoms with Crippen LogP contribution in [0.5, 0.6) is 5.75 Å². The van der Waals surface area contributed by atoms with Crippen molar-refractivity contribution in [3.8, 4) is 5.75 Å². The Bertz CT molecular complexity index is 1390. The molecule has 2 fully saturated rings. The minimum atomic E-state index is -2.36. The van der Waals surface area contributed by atoms with E-state index in [4.69, 9.17) is 42.0 Å². The van der Waals surface area contributed by atoms with E-state index in [-0.39, 0.29) is 19.8 Å². The maximum Gasteiger partial charge on any atom is 0.338 e. The molecule has 0 aromatic heterocycles. The Morgan fingerprint density at radius 3 is 1.85 bits per heavy atom. The van der Waals surface area contributed by atoms with E-state index >= 15 is 0 Å². The molecule has 2 heterocycles. The average molecular weight is 777 g/mol. The quantitative estimate of drug-likeness (QED) is 0.121. The van der Waals surface area contributed by atoms with Crippen LogP contribution >= 0.6 is 0 Å². The molecule has 0 amide bonds. The summed E-state index contributed by atoms with van der Waals surface area (Å²) in [6, 6.07) is 21.4. The van der Waals surface area contributed by atoms with Crippen molar-refractivity contribution >= 4 is 28.6 Å². The lowest BCUT2D eigenvalue weighted by Gasteiger charge is -2.49. The number of esters is 2. The molecular formula is C39H60O12Si2. The van der Waals surface area contributed by atoms with Crippen LogP contribution in [0, 0.1) is 0 Å². The van der Waals surface area contributed by atoms with Gasteiger partial charge in [0.05, 0.1) is 38.6 Å². The van der Waals surface area contributed by atoms with Crippen LogP contribution in [0.25, 0.3) is 0 Å². The monoisotopic (exact) mass is 776 g/mol. The minimum Gasteiger partial charge on any atom is -0.497 e. The van der Waals surface area contributed by atoms with E-state index in [0.717, 1.165) is 41.8 Å². The van der Waals surface area contributed by atoms with Crippen LogP contribution in [0.3, 0.4) is 0 Å². The normalized spacial score (nSPS) is 26.5. The summed E-state index contributed by atoms with van der Waals surface area (Å²) >= 11 is 0. The number of rotatable bonds is 19. The summed E-state index contributed by atoms with van der Waals surface area (Å²) in [5.74, 6) is -0.628. The smallest absolute Gasteiger partial charge is 0.338 e. The maximum atomic E-state index is 14.0. The number of aliphatic hydroxyl groups is 1. The minimum absolute atomic E-state index is 0.105. The molecule has 2 saturated heterocycles. The summed E-state index contributed by atoms with van der Waals surface area (Å²) in [5, 5.41) is 11.3. The van der Waals surface area contributed by atoms with Gasteiger partial charge in [0.2, 0.25) is 0 Å². The molecule has 12 nitrogen and oxygen atoms in total. The van der Waals surface area contributed by atoms with Crippen LogP contribution in [0.4, 0.5) is 0 Å². The topological polar surface area (TPSA) is 137 Å². The summed E-state index contributed by atoms with van der Waals surface area (Å²) in [6.07, 6.45) is -8.28. The third-order valence-corrected chi connectivity index (χ3v) is 20.2. The molecule has 0 radical (unpaired) electrons. The first-order valence-electron chi connectivity index (χ1n) is 19.1. The Kier molecular flexibility index (Phi) is 16.5. The van der Waals surface area contributed by atoms with Gasteiger partial charge in [0.15, 0.2) is 41.4 Å². The Labute approximate surface area is 316 Å². The first kappa shape index (κ1) is 43.1. The van der Waals surface area contributed by atoms with E-state index < -0.39 is 77.8 Å². The Morgan fingerprint density at radius 2 is 1.28 bits per heavy atom. The van der Waals surface area contributed by atoms with Crippen molar-refractivity contribution in [2.24, 2.45) is 0 Å². The fraction of sp³-hybridized carbons (Fsp3) is 0.641. The predicted molar refractivity (Wildman–Crippen MR) is 203 cm³/mol. The highest BCUT2D eigenvalue weighted by molar-refractivity contribution is 6.74. The van der Waals surface area contributed by atoms with Crippen molar-refractivity contribution in [2.75, 3.05) is 20.3 Å². The highest BCUT2D eigenvalue weighted by Crippen LogP contribution is 2.37. The molecule has 0 saturated carbocycles. The highest BCUT2D eigenvalue weighted by Gasteiger charge is 2.53. The lowest BCUT2D eigenvalue weighted by Crippen LogP contribution is -2.65. The van der Waals surface area contributed by atoms with Crippen LogP contribution < -0.4 is 4.74 Å². The van der Waals surface area contributed by atoms with Gasteiger partial charge >= 0.3 is 11.9 Å². The second-order valence-electron chi connectivity index (χ2n) is 13.8. The molecule has 0 unspecified atom stereocenters. The summed E-state index contributed by atoms with van der Waals surface area (Å²) in [7, 11) is -3.03. The molecule has 1 N–H and O–H groups in total. The molecule has 4 rings (SSSR count). The van der Waals surface area contributed by atoms with Crippen molar-refractivity contribution < 1.29 is 56.7 Å².